The Balaban J connectivity index is 1.57. The molecule has 0 atom stereocenters. The molecule has 0 unspecified atom stereocenters. The number of amides is 2. The molecule has 26 heavy (non-hydrogen) atoms. The van der Waals surface area contributed by atoms with Crippen LogP contribution in [-0.4, -0.2) is 61.1 Å². The molecular formula is C17H18N4O5. The van der Waals surface area contributed by atoms with Gasteiger partial charge in [-0.1, -0.05) is 0 Å². The van der Waals surface area contributed by atoms with Crippen molar-refractivity contribution in [1.29, 1.82) is 0 Å². The number of piperidine rings is 1. The maximum atomic E-state index is 12.3. The molecule has 0 saturated carbocycles. The van der Waals surface area contributed by atoms with Gasteiger partial charge in [0.1, 0.15) is 5.69 Å². The van der Waals surface area contributed by atoms with Crippen LogP contribution in [0.15, 0.2) is 30.7 Å². The van der Waals surface area contributed by atoms with E-state index in [0.29, 0.717) is 25.9 Å². The third-order valence-electron chi connectivity index (χ3n) is 4.23. The van der Waals surface area contributed by atoms with Crippen LogP contribution in [0.1, 0.15) is 33.7 Å². The van der Waals surface area contributed by atoms with E-state index >= 15 is 0 Å². The molecule has 1 aromatic carbocycles. The second kappa shape index (κ2) is 7.26. The molecule has 3 rings (SSSR count). The predicted octanol–water partition coefficient (Wildman–Crippen LogP) is 0.628. The minimum absolute atomic E-state index is 0.0378. The van der Waals surface area contributed by atoms with Crippen molar-refractivity contribution < 1.29 is 24.9 Å². The monoisotopic (exact) mass is 358 g/mol. The van der Waals surface area contributed by atoms with Crippen LogP contribution in [0.2, 0.25) is 0 Å². The molecule has 0 spiro atoms. The summed E-state index contributed by atoms with van der Waals surface area (Å²) in [7, 11) is 0. The van der Waals surface area contributed by atoms with E-state index in [-0.39, 0.29) is 23.2 Å². The maximum absolute atomic E-state index is 12.3. The normalized spacial score (nSPS) is 14.8. The second-order valence-electron chi connectivity index (χ2n) is 5.99. The summed E-state index contributed by atoms with van der Waals surface area (Å²) in [5.74, 6) is -2.48. The molecule has 1 aromatic heterocycles. The number of aromatic nitrogens is 2. The van der Waals surface area contributed by atoms with Crippen molar-refractivity contribution in [3.8, 4) is 17.2 Å². The molecule has 0 bridgehead atoms. The Hall–Kier alpha value is -3.36. The van der Waals surface area contributed by atoms with Crippen molar-refractivity contribution in [2.45, 2.75) is 18.9 Å². The van der Waals surface area contributed by atoms with Gasteiger partial charge < -0.3 is 25.5 Å². The number of phenols is 3. The number of nitrogens with zero attached hydrogens (tertiary/aromatic N) is 3. The van der Waals surface area contributed by atoms with E-state index in [1.165, 1.54) is 18.6 Å². The average molecular weight is 358 g/mol. The van der Waals surface area contributed by atoms with Crippen molar-refractivity contribution in [3.05, 3.63) is 42.0 Å². The Morgan fingerprint density at radius 1 is 1.08 bits per heavy atom. The molecule has 2 heterocycles. The number of aromatic hydroxyl groups is 3. The van der Waals surface area contributed by atoms with Gasteiger partial charge in [-0.2, -0.15) is 0 Å². The van der Waals surface area contributed by atoms with Gasteiger partial charge in [0.2, 0.25) is 0 Å². The van der Waals surface area contributed by atoms with Crippen molar-refractivity contribution >= 4 is 11.8 Å². The smallest absolute Gasteiger partial charge is 0.274 e. The van der Waals surface area contributed by atoms with Gasteiger partial charge in [0.15, 0.2) is 17.2 Å². The van der Waals surface area contributed by atoms with Gasteiger partial charge in [0.05, 0.1) is 6.20 Å². The zero-order valence-electron chi connectivity index (χ0n) is 13.8. The van der Waals surface area contributed by atoms with Gasteiger partial charge in [-0.3, -0.25) is 14.6 Å². The van der Waals surface area contributed by atoms with Crippen LogP contribution in [0.3, 0.4) is 0 Å². The number of likely N-dealkylation sites (tertiary alicyclic amines) is 1. The molecule has 136 valence electrons. The Morgan fingerprint density at radius 3 is 2.31 bits per heavy atom. The number of hydrogen-bond donors (Lipinski definition) is 4. The van der Waals surface area contributed by atoms with Gasteiger partial charge in [-0.25, -0.2) is 4.98 Å². The van der Waals surface area contributed by atoms with Crippen molar-refractivity contribution in [2.24, 2.45) is 0 Å². The number of benzene rings is 1. The van der Waals surface area contributed by atoms with E-state index in [9.17, 15) is 24.9 Å². The lowest BCUT2D eigenvalue weighted by atomic mass is 10.0. The molecule has 9 nitrogen and oxygen atoms in total. The highest BCUT2D eigenvalue weighted by Gasteiger charge is 2.26. The van der Waals surface area contributed by atoms with E-state index in [2.05, 4.69) is 15.3 Å². The number of carbonyl (C=O) groups excluding carboxylic acids is 2. The van der Waals surface area contributed by atoms with E-state index in [4.69, 9.17) is 0 Å². The molecule has 0 radical (unpaired) electrons. The SMILES string of the molecule is O=C(NC1CCN(C(=O)c2cnccn2)CC1)c1cc(O)c(O)c(O)c1. The van der Waals surface area contributed by atoms with E-state index in [0.717, 1.165) is 12.1 Å². The summed E-state index contributed by atoms with van der Waals surface area (Å²) in [6.45, 7) is 0.929. The summed E-state index contributed by atoms with van der Waals surface area (Å²) in [5.41, 5.74) is 0.320. The van der Waals surface area contributed by atoms with Crippen molar-refractivity contribution in [3.63, 3.8) is 0 Å². The first-order chi connectivity index (χ1) is 12.5. The predicted molar refractivity (Wildman–Crippen MR) is 89.9 cm³/mol. The first-order valence-corrected chi connectivity index (χ1v) is 8.07. The second-order valence-corrected chi connectivity index (χ2v) is 5.99. The maximum Gasteiger partial charge on any atom is 0.274 e. The largest absolute Gasteiger partial charge is 0.504 e. The molecule has 9 heteroatoms. The fourth-order valence-electron chi connectivity index (χ4n) is 2.80. The highest BCUT2D eigenvalue weighted by molar-refractivity contribution is 5.96. The van der Waals surface area contributed by atoms with E-state index < -0.39 is 23.2 Å². The van der Waals surface area contributed by atoms with Crippen LogP contribution in [0.5, 0.6) is 17.2 Å². The lowest BCUT2D eigenvalue weighted by molar-refractivity contribution is 0.0692. The number of phenolic OH excluding ortho intramolecular Hbond substituents is 3. The minimum Gasteiger partial charge on any atom is -0.504 e. The third kappa shape index (κ3) is 3.66. The van der Waals surface area contributed by atoms with Crippen LogP contribution in [-0.2, 0) is 0 Å². The number of hydrogen-bond acceptors (Lipinski definition) is 7. The number of carbonyl (C=O) groups is 2. The Morgan fingerprint density at radius 2 is 1.73 bits per heavy atom. The fourth-order valence-corrected chi connectivity index (χ4v) is 2.80. The van der Waals surface area contributed by atoms with Crippen LogP contribution < -0.4 is 5.32 Å². The van der Waals surface area contributed by atoms with Crippen LogP contribution >= 0.6 is 0 Å². The topological polar surface area (TPSA) is 136 Å². The number of nitrogens with one attached hydrogen (secondary N) is 1. The van der Waals surface area contributed by atoms with Crippen LogP contribution in [0.25, 0.3) is 0 Å². The molecular weight excluding hydrogens is 340 g/mol. The zero-order chi connectivity index (χ0) is 18.7. The number of rotatable bonds is 3. The zero-order valence-corrected chi connectivity index (χ0v) is 13.8. The summed E-state index contributed by atoms with van der Waals surface area (Å²) >= 11 is 0. The quantitative estimate of drug-likeness (QED) is 0.591. The Bertz CT molecular complexity index is 796. The lowest BCUT2D eigenvalue weighted by Crippen LogP contribution is -2.46. The molecule has 2 aromatic rings. The first-order valence-electron chi connectivity index (χ1n) is 8.07. The van der Waals surface area contributed by atoms with Crippen molar-refractivity contribution in [2.75, 3.05) is 13.1 Å². The summed E-state index contributed by atoms with van der Waals surface area (Å²) in [6, 6.07) is 2.01. The highest BCUT2D eigenvalue weighted by Crippen LogP contribution is 2.35. The standard InChI is InChI=1S/C17H18N4O5/c22-13-7-10(8-14(23)15(13)24)16(25)20-11-1-5-21(6-2-11)17(26)12-9-18-3-4-19-12/h3-4,7-9,11,22-24H,1-2,5-6H2,(H,20,25). The molecule has 4 N–H and O–H groups in total. The van der Waals surface area contributed by atoms with Gasteiger partial charge in [0.25, 0.3) is 11.8 Å². The van der Waals surface area contributed by atoms with Gasteiger partial charge in [-0.15, -0.1) is 0 Å². The molecule has 2 amide bonds. The van der Waals surface area contributed by atoms with Gasteiger partial charge >= 0.3 is 0 Å². The summed E-state index contributed by atoms with van der Waals surface area (Å²) in [5, 5.41) is 31.1. The Kier molecular flexibility index (Phi) is 4.87. The molecule has 0 aliphatic carbocycles. The fraction of sp³-hybridized carbons (Fsp3) is 0.294. The Labute approximate surface area is 148 Å². The first kappa shape index (κ1) is 17.5. The molecule has 1 fully saturated rings. The third-order valence-corrected chi connectivity index (χ3v) is 4.23. The highest BCUT2D eigenvalue weighted by atomic mass is 16.3. The van der Waals surface area contributed by atoms with E-state index in [1.54, 1.807) is 4.90 Å². The van der Waals surface area contributed by atoms with Gasteiger partial charge in [-0.05, 0) is 25.0 Å². The van der Waals surface area contributed by atoms with E-state index in [1.807, 2.05) is 0 Å². The van der Waals surface area contributed by atoms with Crippen molar-refractivity contribution in [1.82, 2.24) is 20.2 Å². The summed E-state index contributed by atoms with van der Waals surface area (Å²) < 4.78 is 0. The molecule has 1 aliphatic heterocycles. The summed E-state index contributed by atoms with van der Waals surface area (Å²) in [4.78, 5) is 34.1. The lowest BCUT2D eigenvalue weighted by Gasteiger charge is -2.32. The average Bonchev–Trinajstić information content (AvgIpc) is 2.66. The summed E-state index contributed by atoms with van der Waals surface area (Å²) in [6.07, 6.45) is 5.50. The van der Waals surface area contributed by atoms with Gasteiger partial charge in [0, 0.05) is 37.1 Å². The minimum atomic E-state index is -0.669. The van der Waals surface area contributed by atoms with Crippen LogP contribution in [0.4, 0.5) is 0 Å². The molecule has 1 saturated heterocycles. The molecule has 1 aliphatic rings. The van der Waals surface area contributed by atoms with Crippen LogP contribution in [0, 0.1) is 0 Å².